The first-order valence-corrected chi connectivity index (χ1v) is 11.6. The van der Waals surface area contributed by atoms with Gasteiger partial charge in [0, 0.05) is 37.8 Å². The zero-order valence-corrected chi connectivity index (χ0v) is 20.1. The van der Waals surface area contributed by atoms with Crippen LogP contribution in [0.4, 0.5) is 19.1 Å². The molecule has 1 amide bonds. The number of hydrogen-bond acceptors (Lipinski definition) is 6. The lowest BCUT2D eigenvalue weighted by molar-refractivity contribution is -0.129. The summed E-state index contributed by atoms with van der Waals surface area (Å²) in [4.78, 5) is 29.7. The SMILES string of the molecule is COc1nc(NC2CCN(C(C)=O)CC2)nc2[nH]cc(-c3cc(F)c4nc(C)n(CC(F)F)c4c3)c12. The molecule has 190 valence electrons. The molecule has 1 saturated heterocycles. The Balaban J connectivity index is 1.51. The highest BCUT2D eigenvalue weighted by atomic mass is 19.3. The van der Waals surface area contributed by atoms with Crippen LogP contribution in [0, 0.1) is 12.7 Å². The van der Waals surface area contributed by atoms with Crippen molar-refractivity contribution in [2.75, 3.05) is 25.5 Å². The third-order valence-electron chi connectivity index (χ3n) is 6.60. The number of aromatic amines is 1. The number of benzene rings is 1. The van der Waals surface area contributed by atoms with Gasteiger partial charge in [-0.25, -0.2) is 18.2 Å². The van der Waals surface area contributed by atoms with E-state index in [4.69, 9.17) is 4.74 Å². The van der Waals surface area contributed by atoms with Crippen molar-refractivity contribution >= 4 is 33.9 Å². The molecule has 0 aliphatic carbocycles. The topological polar surface area (TPSA) is 101 Å². The second kappa shape index (κ2) is 9.32. The molecule has 4 aromatic rings. The van der Waals surface area contributed by atoms with Crippen LogP contribution in [0.3, 0.4) is 0 Å². The molecule has 1 aromatic carbocycles. The number of methoxy groups -OCH3 is 1. The van der Waals surface area contributed by atoms with E-state index in [1.54, 1.807) is 26.1 Å². The summed E-state index contributed by atoms with van der Waals surface area (Å²) in [5.41, 5.74) is 1.85. The average Bonchev–Trinajstić information content (AvgIpc) is 3.40. The summed E-state index contributed by atoms with van der Waals surface area (Å²) in [6.07, 6.45) is 0.599. The lowest BCUT2D eigenvalue weighted by Crippen LogP contribution is -2.41. The number of imidazole rings is 1. The number of hydrogen-bond donors (Lipinski definition) is 2. The van der Waals surface area contributed by atoms with Crippen LogP contribution in [0.1, 0.15) is 25.6 Å². The van der Waals surface area contributed by atoms with Gasteiger partial charge in [0.25, 0.3) is 6.43 Å². The van der Waals surface area contributed by atoms with E-state index < -0.39 is 18.8 Å². The lowest BCUT2D eigenvalue weighted by atomic mass is 10.0. The number of aromatic nitrogens is 5. The standard InChI is InChI=1S/C24H26F3N7O2/c1-12-29-21-17(25)8-14(9-18(21)34(12)11-19(26)27)16-10-28-22-20(16)23(36-3)32-24(31-22)30-15-4-6-33(7-5-15)13(2)35/h8-10,15,19H,4-7,11H2,1-3H3,(H2,28,30,31,32). The first-order valence-electron chi connectivity index (χ1n) is 11.6. The molecule has 0 spiro atoms. The quantitative estimate of drug-likeness (QED) is 0.412. The highest BCUT2D eigenvalue weighted by molar-refractivity contribution is 5.99. The molecule has 1 aliphatic rings. The molecule has 0 saturated carbocycles. The Hall–Kier alpha value is -3.83. The van der Waals surface area contributed by atoms with E-state index in [1.165, 1.54) is 17.7 Å². The Labute approximate surface area is 204 Å². The molecule has 0 unspecified atom stereocenters. The molecular weight excluding hydrogens is 475 g/mol. The normalized spacial score (nSPS) is 14.8. The third kappa shape index (κ3) is 4.31. The summed E-state index contributed by atoms with van der Waals surface area (Å²) in [7, 11) is 1.48. The van der Waals surface area contributed by atoms with Crippen molar-refractivity contribution in [2.24, 2.45) is 0 Å². The first-order chi connectivity index (χ1) is 17.2. The average molecular weight is 502 g/mol. The van der Waals surface area contributed by atoms with Gasteiger partial charge in [-0.3, -0.25) is 4.79 Å². The summed E-state index contributed by atoms with van der Waals surface area (Å²) in [5, 5.41) is 3.86. The number of aryl methyl sites for hydroxylation is 1. The van der Waals surface area contributed by atoms with Crippen molar-refractivity contribution in [1.82, 2.24) is 29.4 Å². The minimum atomic E-state index is -2.60. The number of halogens is 3. The summed E-state index contributed by atoms with van der Waals surface area (Å²) >= 11 is 0. The van der Waals surface area contributed by atoms with E-state index in [2.05, 4.69) is 25.3 Å². The summed E-state index contributed by atoms with van der Waals surface area (Å²) in [6.45, 7) is 3.88. The smallest absolute Gasteiger partial charge is 0.256 e. The van der Waals surface area contributed by atoms with E-state index in [9.17, 15) is 18.0 Å². The molecule has 3 aromatic heterocycles. The van der Waals surface area contributed by atoms with E-state index in [0.717, 1.165) is 12.8 Å². The van der Waals surface area contributed by atoms with Crippen LogP contribution in [-0.2, 0) is 11.3 Å². The number of carbonyl (C=O) groups excluding carboxylic acids is 1. The molecule has 0 radical (unpaired) electrons. The molecule has 36 heavy (non-hydrogen) atoms. The minimum absolute atomic E-state index is 0.0438. The fourth-order valence-electron chi connectivity index (χ4n) is 4.78. The number of H-pyrrole nitrogens is 1. The van der Waals surface area contributed by atoms with Gasteiger partial charge >= 0.3 is 0 Å². The maximum Gasteiger partial charge on any atom is 0.256 e. The van der Waals surface area contributed by atoms with Gasteiger partial charge in [0.15, 0.2) is 5.82 Å². The van der Waals surface area contributed by atoms with Crippen LogP contribution >= 0.6 is 0 Å². The minimum Gasteiger partial charge on any atom is -0.480 e. The van der Waals surface area contributed by atoms with Crippen molar-refractivity contribution in [3.05, 3.63) is 30.0 Å². The molecule has 9 nitrogen and oxygen atoms in total. The van der Waals surface area contributed by atoms with Crippen molar-refractivity contribution in [3.63, 3.8) is 0 Å². The Morgan fingerprint density at radius 1 is 1.25 bits per heavy atom. The fourth-order valence-corrected chi connectivity index (χ4v) is 4.78. The van der Waals surface area contributed by atoms with Gasteiger partial charge < -0.3 is 24.5 Å². The monoisotopic (exact) mass is 501 g/mol. The first kappa shape index (κ1) is 23.9. The van der Waals surface area contributed by atoms with Crippen LogP contribution < -0.4 is 10.1 Å². The van der Waals surface area contributed by atoms with Crippen molar-refractivity contribution < 1.29 is 22.7 Å². The number of carbonyl (C=O) groups is 1. The number of anilines is 1. The number of piperidine rings is 1. The van der Waals surface area contributed by atoms with Gasteiger partial charge in [-0.05, 0) is 37.5 Å². The Kier molecular flexibility index (Phi) is 6.19. The van der Waals surface area contributed by atoms with Crippen LogP contribution in [0.15, 0.2) is 18.3 Å². The van der Waals surface area contributed by atoms with Gasteiger partial charge in [-0.15, -0.1) is 0 Å². The second-order valence-electron chi connectivity index (χ2n) is 8.89. The van der Waals surface area contributed by atoms with Crippen molar-refractivity contribution in [3.8, 4) is 17.0 Å². The maximum absolute atomic E-state index is 15.0. The number of rotatable bonds is 6. The van der Waals surface area contributed by atoms with E-state index in [0.29, 0.717) is 47.0 Å². The molecule has 5 rings (SSSR count). The predicted molar refractivity (Wildman–Crippen MR) is 129 cm³/mol. The number of fused-ring (bicyclic) bond motifs is 2. The van der Waals surface area contributed by atoms with Crippen LogP contribution in [-0.4, -0.2) is 68.0 Å². The number of nitrogens with zero attached hydrogens (tertiary/aromatic N) is 5. The molecule has 0 atom stereocenters. The predicted octanol–water partition coefficient (Wildman–Crippen LogP) is 4.12. The molecule has 4 heterocycles. The molecule has 2 N–H and O–H groups in total. The Morgan fingerprint density at radius 3 is 2.67 bits per heavy atom. The molecule has 1 fully saturated rings. The van der Waals surface area contributed by atoms with Gasteiger partial charge in [-0.1, -0.05) is 0 Å². The van der Waals surface area contributed by atoms with E-state index in [1.807, 2.05) is 4.90 Å². The molecule has 0 bridgehead atoms. The fraction of sp³-hybridized carbons (Fsp3) is 0.417. The van der Waals surface area contributed by atoms with Gasteiger partial charge in [0.05, 0.1) is 24.6 Å². The Bertz CT molecular complexity index is 1440. The van der Waals surface area contributed by atoms with Crippen LogP contribution in [0.25, 0.3) is 33.2 Å². The number of alkyl halides is 2. The molecular formula is C24H26F3N7O2. The van der Waals surface area contributed by atoms with Crippen molar-refractivity contribution in [1.29, 1.82) is 0 Å². The summed E-state index contributed by atoms with van der Waals surface area (Å²) < 4.78 is 48.1. The number of amides is 1. The van der Waals surface area contributed by atoms with Crippen LogP contribution in [0.2, 0.25) is 0 Å². The number of likely N-dealkylation sites (tertiary alicyclic amines) is 1. The molecule has 12 heteroatoms. The van der Waals surface area contributed by atoms with E-state index in [-0.39, 0.29) is 28.9 Å². The van der Waals surface area contributed by atoms with Crippen LogP contribution in [0.5, 0.6) is 5.88 Å². The maximum atomic E-state index is 15.0. The zero-order valence-electron chi connectivity index (χ0n) is 20.1. The van der Waals surface area contributed by atoms with Gasteiger partial charge in [0.2, 0.25) is 17.7 Å². The third-order valence-corrected chi connectivity index (χ3v) is 6.60. The summed E-state index contributed by atoms with van der Waals surface area (Å²) in [6, 6.07) is 3.06. The van der Waals surface area contributed by atoms with Crippen molar-refractivity contribution in [2.45, 2.75) is 45.7 Å². The summed E-state index contributed by atoms with van der Waals surface area (Å²) in [5.74, 6) is 0.432. The largest absolute Gasteiger partial charge is 0.480 e. The molecule has 1 aliphatic heterocycles. The number of nitrogens with one attached hydrogen (secondary N) is 2. The van der Waals surface area contributed by atoms with Gasteiger partial charge in [-0.2, -0.15) is 9.97 Å². The Morgan fingerprint density at radius 2 is 2.00 bits per heavy atom. The highest BCUT2D eigenvalue weighted by Gasteiger charge is 2.23. The van der Waals surface area contributed by atoms with Gasteiger partial charge in [0.1, 0.15) is 17.0 Å². The van der Waals surface area contributed by atoms with E-state index >= 15 is 0 Å². The lowest BCUT2D eigenvalue weighted by Gasteiger charge is -2.31. The number of ether oxygens (including phenoxy) is 1. The zero-order chi connectivity index (χ0) is 25.6. The highest BCUT2D eigenvalue weighted by Crippen LogP contribution is 2.36. The second-order valence-corrected chi connectivity index (χ2v) is 8.89.